The molecule has 1 saturated carbocycles. The minimum Gasteiger partial charge on any atom is -0.497 e. The predicted octanol–water partition coefficient (Wildman–Crippen LogP) is 6.99. The van der Waals surface area contributed by atoms with Crippen LogP contribution in [0, 0.1) is 5.92 Å². The van der Waals surface area contributed by atoms with E-state index in [0.717, 1.165) is 71.3 Å². The lowest BCUT2D eigenvalue weighted by molar-refractivity contribution is -0.130. The van der Waals surface area contributed by atoms with E-state index in [1.165, 1.54) is 24.1 Å². The molecule has 4 nitrogen and oxygen atoms in total. The fourth-order valence-electron chi connectivity index (χ4n) is 5.77. The molecular weight excluding hydrogens is 454 g/mol. The second-order valence-electron chi connectivity index (χ2n) is 10.2. The number of thiophene rings is 1. The average Bonchev–Trinajstić information content (AvgIpc) is 3.55. The summed E-state index contributed by atoms with van der Waals surface area (Å²) >= 11 is 1.77. The quantitative estimate of drug-likeness (QED) is 0.336. The molecule has 0 N–H and O–H groups in total. The van der Waals surface area contributed by atoms with Gasteiger partial charge in [0.15, 0.2) is 5.78 Å². The van der Waals surface area contributed by atoms with Gasteiger partial charge in [-0.25, -0.2) is 0 Å². The van der Waals surface area contributed by atoms with E-state index in [1.807, 2.05) is 41.3 Å². The van der Waals surface area contributed by atoms with E-state index in [-0.39, 0.29) is 11.7 Å². The first-order valence-electron chi connectivity index (χ1n) is 13.1. The number of ketones is 1. The van der Waals surface area contributed by atoms with Crippen molar-refractivity contribution in [2.24, 2.45) is 5.92 Å². The van der Waals surface area contributed by atoms with Crippen molar-refractivity contribution in [3.8, 4) is 5.75 Å². The fourth-order valence-corrected chi connectivity index (χ4v) is 7.27. The summed E-state index contributed by atoms with van der Waals surface area (Å²) in [5, 5.41) is 1.04. The Labute approximate surface area is 212 Å². The summed E-state index contributed by atoms with van der Waals surface area (Å²) in [6.45, 7) is 4.13. The lowest BCUT2D eigenvalue weighted by Crippen LogP contribution is -2.27. The molecule has 0 bridgehead atoms. The number of fused-ring (bicyclic) bond motifs is 1. The molecule has 35 heavy (non-hydrogen) atoms. The number of nitrogens with zero attached hydrogens (tertiary/aromatic N) is 1. The van der Waals surface area contributed by atoms with Gasteiger partial charge in [0.25, 0.3) is 0 Å². The van der Waals surface area contributed by atoms with Gasteiger partial charge in [0.2, 0.25) is 5.91 Å². The van der Waals surface area contributed by atoms with Crippen LogP contribution >= 0.6 is 11.3 Å². The maximum Gasteiger partial charge on any atom is 0.222 e. The first-order valence-corrected chi connectivity index (χ1v) is 13.9. The van der Waals surface area contributed by atoms with Crippen LogP contribution in [0.1, 0.15) is 84.1 Å². The van der Waals surface area contributed by atoms with Crippen LogP contribution < -0.4 is 4.74 Å². The number of carbonyl (C=O) groups is 2. The average molecular weight is 490 g/mol. The molecule has 2 unspecified atom stereocenters. The Balaban J connectivity index is 1.41. The molecule has 5 rings (SSSR count). The van der Waals surface area contributed by atoms with Crippen molar-refractivity contribution in [1.82, 2.24) is 4.90 Å². The standard InChI is InChI=1S/C30H35NO3S/c1-20-7-3-4-8-24(20)30-28(25-15-14-23(34-2)19-26(25)35-30)29(33)22-12-9-21(10-13-22)11-16-27(32)31-17-5-6-18-31/h9-10,12-15,19-20,24H,3-8,11,16-18H2,1-2H3. The fraction of sp³-hybridized carbons (Fsp3) is 0.467. The van der Waals surface area contributed by atoms with E-state index in [1.54, 1.807) is 18.4 Å². The maximum atomic E-state index is 13.9. The zero-order valence-corrected chi connectivity index (χ0v) is 21.7. The summed E-state index contributed by atoms with van der Waals surface area (Å²) in [5.74, 6) is 2.19. The van der Waals surface area contributed by atoms with Crippen LogP contribution in [0.3, 0.4) is 0 Å². The zero-order valence-electron chi connectivity index (χ0n) is 20.8. The van der Waals surface area contributed by atoms with Crippen LogP contribution in [0.25, 0.3) is 10.1 Å². The molecular formula is C30H35NO3S. The Morgan fingerprint density at radius 1 is 1.00 bits per heavy atom. The second-order valence-corrected chi connectivity index (χ2v) is 11.3. The van der Waals surface area contributed by atoms with Gasteiger partial charge in [-0.05, 0) is 61.3 Å². The van der Waals surface area contributed by atoms with E-state index in [0.29, 0.717) is 18.3 Å². The highest BCUT2D eigenvalue weighted by molar-refractivity contribution is 7.19. The van der Waals surface area contributed by atoms with Gasteiger partial charge >= 0.3 is 0 Å². The molecule has 2 fully saturated rings. The molecule has 1 aliphatic carbocycles. The molecule has 2 atom stereocenters. The van der Waals surface area contributed by atoms with Crippen molar-refractivity contribution in [2.75, 3.05) is 20.2 Å². The summed E-state index contributed by atoms with van der Waals surface area (Å²) < 4.78 is 6.59. The van der Waals surface area contributed by atoms with Gasteiger partial charge in [0.05, 0.1) is 7.11 Å². The van der Waals surface area contributed by atoms with Crippen LogP contribution in [-0.4, -0.2) is 36.8 Å². The molecule has 0 spiro atoms. The number of hydrogen-bond acceptors (Lipinski definition) is 4. The Morgan fingerprint density at radius 3 is 2.46 bits per heavy atom. The minimum absolute atomic E-state index is 0.105. The summed E-state index contributed by atoms with van der Waals surface area (Å²) in [4.78, 5) is 29.5. The van der Waals surface area contributed by atoms with E-state index in [2.05, 4.69) is 13.0 Å². The molecule has 1 saturated heterocycles. The summed E-state index contributed by atoms with van der Waals surface area (Å²) in [5.41, 5.74) is 2.71. The van der Waals surface area contributed by atoms with E-state index in [9.17, 15) is 9.59 Å². The number of rotatable bonds is 7. The summed E-state index contributed by atoms with van der Waals surface area (Å²) in [6, 6.07) is 14.0. The van der Waals surface area contributed by atoms with Crippen LogP contribution in [-0.2, 0) is 11.2 Å². The smallest absolute Gasteiger partial charge is 0.222 e. The van der Waals surface area contributed by atoms with Gasteiger partial charge in [-0.3, -0.25) is 9.59 Å². The molecule has 1 aromatic heterocycles. The molecule has 5 heteroatoms. The molecule has 2 aromatic carbocycles. The number of carbonyl (C=O) groups excluding carboxylic acids is 2. The van der Waals surface area contributed by atoms with Crippen molar-refractivity contribution in [3.63, 3.8) is 0 Å². The summed E-state index contributed by atoms with van der Waals surface area (Å²) in [6.07, 6.45) is 8.37. The third-order valence-corrected chi connectivity index (χ3v) is 9.19. The van der Waals surface area contributed by atoms with E-state index < -0.39 is 0 Å². The van der Waals surface area contributed by atoms with Crippen molar-refractivity contribution in [2.45, 2.75) is 64.2 Å². The number of likely N-dealkylation sites (tertiary alicyclic amines) is 1. The van der Waals surface area contributed by atoms with Gasteiger partial charge in [-0.2, -0.15) is 0 Å². The van der Waals surface area contributed by atoms with Crippen molar-refractivity contribution >= 4 is 33.1 Å². The number of hydrogen-bond donors (Lipinski definition) is 0. The highest BCUT2D eigenvalue weighted by atomic mass is 32.1. The summed E-state index contributed by atoms with van der Waals surface area (Å²) in [7, 11) is 1.69. The Bertz CT molecular complexity index is 1210. The van der Waals surface area contributed by atoms with E-state index in [4.69, 9.17) is 4.74 Å². The van der Waals surface area contributed by atoms with Gasteiger partial charge in [0.1, 0.15) is 5.75 Å². The monoisotopic (exact) mass is 489 g/mol. The molecule has 1 amide bonds. The van der Waals surface area contributed by atoms with Gasteiger partial charge < -0.3 is 9.64 Å². The van der Waals surface area contributed by atoms with Crippen molar-refractivity contribution < 1.29 is 14.3 Å². The zero-order chi connectivity index (χ0) is 24.4. The van der Waals surface area contributed by atoms with Crippen LogP contribution in [0.5, 0.6) is 5.75 Å². The largest absolute Gasteiger partial charge is 0.497 e. The lowest BCUT2D eigenvalue weighted by Gasteiger charge is -2.28. The Hall–Kier alpha value is -2.66. The SMILES string of the molecule is COc1ccc2c(C(=O)c3ccc(CCC(=O)N4CCCC4)cc3)c(C3CCCCC3C)sc2c1. The number of aryl methyl sites for hydroxylation is 1. The highest BCUT2D eigenvalue weighted by Crippen LogP contribution is 2.46. The first kappa shape index (κ1) is 24.1. The number of methoxy groups -OCH3 is 1. The number of benzene rings is 2. The normalized spacial score (nSPS) is 20.3. The molecule has 2 aliphatic rings. The third kappa shape index (κ3) is 5.02. The highest BCUT2D eigenvalue weighted by Gasteiger charge is 2.30. The van der Waals surface area contributed by atoms with Gasteiger partial charge in [0, 0.05) is 45.6 Å². The molecule has 184 valence electrons. The Morgan fingerprint density at radius 2 is 1.74 bits per heavy atom. The first-order chi connectivity index (χ1) is 17.0. The Kier molecular flexibility index (Phi) is 7.24. The number of ether oxygens (including phenoxy) is 1. The van der Waals surface area contributed by atoms with Crippen LogP contribution in [0.4, 0.5) is 0 Å². The molecule has 0 radical (unpaired) electrons. The van der Waals surface area contributed by atoms with E-state index >= 15 is 0 Å². The van der Waals surface area contributed by atoms with Crippen molar-refractivity contribution in [1.29, 1.82) is 0 Å². The number of amides is 1. The predicted molar refractivity (Wildman–Crippen MR) is 143 cm³/mol. The van der Waals surface area contributed by atoms with Crippen LogP contribution in [0.2, 0.25) is 0 Å². The maximum absolute atomic E-state index is 13.9. The second kappa shape index (κ2) is 10.5. The topological polar surface area (TPSA) is 46.6 Å². The van der Waals surface area contributed by atoms with Gasteiger partial charge in [-0.15, -0.1) is 11.3 Å². The third-order valence-electron chi connectivity index (χ3n) is 7.90. The van der Waals surface area contributed by atoms with Gasteiger partial charge in [-0.1, -0.05) is 50.5 Å². The van der Waals surface area contributed by atoms with Crippen LogP contribution in [0.15, 0.2) is 42.5 Å². The van der Waals surface area contributed by atoms with Crippen molar-refractivity contribution in [3.05, 3.63) is 64.0 Å². The lowest BCUT2D eigenvalue weighted by atomic mass is 9.78. The minimum atomic E-state index is 0.105. The molecule has 3 aromatic rings. The molecule has 2 heterocycles. The molecule has 1 aliphatic heterocycles.